The van der Waals surface area contributed by atoms with E-state index in [1.54, 1.807) is 17.0 Å². The zero-order valence-corrected chi connectivity index (χ0v) is 14.3. The third-order valence-corrected chi connectivity index (χ3v) is 4.48. The normalized spacial score (nSPS) is 20.1. The van der Waals surface area contributed by atoms with Crippen LogP contribution in [0.2, 0.25) is 0 Å². The zero-order chi connectivity index (χ0) is 18.0. The highest BCUT2D eigenvalue weighted by Gasteiger charge is 2.35. The largest absolute Gasteiger partial charge is 0.390 e. The molecule has 2 aromatic rings. The van der Waals surface area contributed by atoms with Crippen molar-refractivity contribution in [1.82, 2.24) is 9.80 Å². The molecule has 0 saturated carbocycles. The lowest BCUT2D eigenvalue weighted by Gasteiger charge is -2.21. The molecule has 1 fully saturated rings. The van der Waals surface area contributed by atoms with Gasteiger partial charge in [0.15, 0.2) is 0 Å². The maximum absolute atomic E-state index is 13.4. The van der Waals surface area contributed by atoms with E-state index >= 15 is 0 Å². The molecule has 1 aliphatic heterocycles. The van der Waals surface area contributed by atoms with Gasteiger partial charge in [0.25, 0.3) is 0 Å². The van der Waals surface area contributed by atoms with Crippen LogP contribution in [0.4, 0.5) is 14.9 Å². The van der Waals surface area contributed by atoms with Crippen molar-refractivity contribution in [3.05, 3.63) is 54.3 Å². The highest BCUT2D eigenvalue weighted by molar-refractivity contribution is 5.90. The van der Waals surface area contributed by atoms with Gasteiger partial charge in [-0.25, -0.2) is 9.18 Å². The van der Waals surface area contributed by atoms with Crippen LogP contribution < -0.4 is 5.32 Å². The molecule has 2 N–H and O–H groups in total. The van der Waals surface area contributed by atoms with E-state index in [0.29, 0.717) is 18.8 Å². The van der Waals surface area contributed by atoms with Crippen LogP contribution >= 0.6 is 0 Å². The molecule has 5 nitrogen and oxygen atoms in total. The Bertz CT molecular complexity index is 766. The minimum Gasteiger partial charge on any atom is -0.390 e. The first-order chi connectivity index (χ1) is 11.9. The minimum absolute atomic E-state index is 0.0654. The van der Waals surface area contributed by atoms with E-state index < -0.39 is 6.10 Å². The van der Waals surface area contributed by atoms with Gasteiger partial charge in [-0.05, 0) is 49.5 Å². The van der Waals surface area contributed by atoms with Gasteiger partial charge in [-0.15, -0.1) is 0 Å². The SMILES string of the molecule is CN(C)C1CN(C(=O)Nc2cccc(-c3cccc(F)c3)c2)CC1O. The van der Waals surface area contributed by atoms with Crippen molar-refractivity contribution < 1.29 is 14.3 Å². The molecule has 0 bridgehead atoms. The van der Waals surface area contributed by atoms with Gasteiger partial charge in [-0.1, -0.05) is 24.3 Å². The molecule has 0 aromatic heterocycles. The van der Waals surface area contributed by atoms with E-state index in [1.165, 1.54) is 12.1 Å². The van der Waals surface area contributed by atoms with Gasteiger partial charge < -0.3 is 20.2 Å². The molecule has 3 rings (SSSR count). The van der Waals surface area contributed by atoms with Gasteiger partial charge >= 0.3 is 6.03 Å². The molecule has 2 atom stereocenters. The molecule has 0 aliphatic carbocycles. The third-order valence-electron chi connectivity index (χ3n) is 4.48. The Morgan fingerprint density at radius 1 is 1.16 bits per heavy atom. The highest BCUT2D eigenvalue weighted by atomic mass is 19.1. The molecule has 1 saturated heterocycles. The van der Waals surface area contributed by atoms with Gasteiger partial charge in [0, 0.05) is 12.2 Å². The summed E-state index contributed by atoms with van der Waals surface area (Å²) in [7, 11) is 3.77. The van der Waals surface area contributed by atoms with E-state index in [2.05, 4.69) is 5.32 Å². The Kier molecular flexibility index (Phi) is 5.01. The van der Waals surface area contributed by atoms with Crippen LogP contribution in [-0.2, 0) is 0 Å². The van der Waals surface area contributed by atoms with Gasteiger partial charge in [-0.3, -0.25) is 0 Å². The maximum Gasteiger partial charge on any atom is 0.321 e. The summed E-state index contributed by atoms with van der Waals surface area (Å²) in [4.78, 5) is 16.0. The number of nitrogens with one attached hydrogen (secondary N) is 1. The maximum atomic E-state index is 13.4. The number of hydrogen-bond donors (Lipinski definition) is 2. The zero-order valence-electron chi connectivity index (χ0n) is 14.3. The molecule has 1 heterocycles. The van der Waals surface area contributed by atoms with Crippen LogP contribution in [0.3, 0.4) is 0 Å². The Hall–Kier alpha value is -2.44. The lowest BCUT2D eigenvalue weighted by Crippen LogP contribution is -2.38. The summed E-state index contributed by atoms with van der Waals surface area (Å²) in [5, 5.41) is 12.9. The summed E-state index contributed by atoms with van der Waals surface area (Å²) < 4.78 is 13.4. The molecule has 0 spiro atoms. The third kappa shape index (κ3) is 3.97. The summed E-state index contributed by atoms with van der Waals surface area (Å²) in [6.45, 7) is 0.780. The fourth-order valence-electron chi connectivity index (χ4n) is 3.09. The van der Waals surface area contributed by atoms with Crippen molar-refractivity contribution in [2.24, 2.45) is 0 Å². The molecule has 1 aliphatic rings. The van der Waals surface area contributed by atoms with Crippen LogP contribution in [-0.4, -0.2) is 60.3 Å². The predicted octanol–water partition coefficient (Wildman–Crippen LogP) is 2.63. The van der Waals surface area contributed by atoms with E-state index in [1.807, 2.05) is 43.3 Å². The summed E-state index contributed by atoms with van der Waals surface area (Å²) in [5.74, 6) is -0.298. The summed E-state index contributed by atoms with van der Waals surface area (Å²) in [5.41, 5.74) is 2.21. The standard InChI is InChI=1S/C19H22FN3O2/c1-22(2)17-11-23(12-18(17)24)19(25)21-16-8-4-6-14(10-16)13-5-3-7-15(20)9-13/h3-10,17-18,24H,11-12H2,1-2H3,(H,21,25). The molecule has 0 radical (unpaired) electrons. The van der Waals surface area contributed by atoms with Crippen LogP contribution in [0.25, 0.3) is 11.1 Å². The summed E-state index contributed by atoms with van der Waals surface area (Å²) >= 11 is 0. The second kappa shape index (κ2) is 7.21. The van der Waals surface area contributed by atoms with E-state index in [0.717, 1.165) is 11.1 Å². The summed E-state index contributed by atoms with van der Waals surface area (Å²) in [6.07, 6.45) is -0.556. The number of urea groups is 1. The van der Waals surface area contributed by atoms with E-state index in [4.69, 9.17) is 0 Å². The fourth-order valence-corrected chi connectivity index (χ4v) is 3.09. The number of carbonyl (C=O) groups excluding carboxylic acids is 1. The molecular weight excluding hydrogens is 321 g/mol. The topological polar surface area (TPSA) is 55.8 Å². The van der Waals surface area contributed by atoms with Crippen LogP contribution in [0.5, 0.6) is 0 Å². The molecule has 6 heteroatoms. The number of likely N-dealkylation sites (tertiary alicyclic amines) is 1. The Balaban J connectivity index is 1.71. The average molecular weight is 343 g/mol. The molecule has 25 heavy (non-hydrogen) atoms. The summed E-state index contributed by atoms with van der Waals surface area (Å²) in [6, 6.07) is 13.3. The number of aliphatic hydroxyl groups excluding tert-OH is 1. The number of halogens is 1. The van der Waals surface area contributed by atoms with Crippen LogP contribution in [0.15, 0.2) is 48.5 Å². The molecule has 132 valence electrons. The first-order valence-corrected chi connectivity index (χ1v) is 8.20. The van der Waals surface area contributed by atoms with Gasteiger partial charge in [0.1, 0.15) is 5.82 Å². The van der Waals surface area contributed by atoms with E-state index in [-0.39, 0.29) is 17.9 Å². The number of carbonyl (C=O) groups is 1. The number of hydrogen-bond acceptors (Lipinski definition) is 3. The quantitative estimate of drug-likeness (QED) is 0.901. The van der Waals surface area contributed by atoms with Crippen molar-refractivity contribution in [3.63, 3.8) is 0 Å². The number of benzene rings is 2. The number of rotatable bonds is 3. The molecule has 2 aromatic carbocycles. The smallest absolute Gasteiger partial charge is 0.321 e. The van der Waals surface area contributed by atoms with Crippen molar-refractivity contribution in [3.8, 4) is 11.1 Å². The lowest BCUT2D eigenvalue weighted by molar-refractivity contribution is 0.113. The van der Waals surface area contributed by atoms with Gasteiger partial charge in [0.2, 0.25) is 0 Å². The number of likely N-dealkylation sites (N-methyl/N-ethyl adjacent to an activating group) is 1. The fraction of sp³-hybridized carbons (Fsp3) is 0.316. The van der Waals surface area contributed by atoms with Crippen LogP contribution in [0.1, 0.15) is 0 Å². The Labute approximate surface area is 146 Å². The Morgan fingerprint density at radius 3 is 2.48 bits per heavy atom. The number of anilines is 1. The molecule has 2 amide bonds. The number of amides is 2. The van der Waals surface area contributed by atoms with Crippen molar-refractivity contribution in [2.75, 3.05) is 32.5 Å². The number of β-amino-alcohol motifs (C(OH)–C–C–N with tert-alkyl or cyclic N) is 1. The highest BCUT2D eigenvalue weighted by Crippen LogP contribution is 2.24. The second-order valence-electron chi connectivity index (χ2n) is 6.52. The van der Waals surface area contributed by atoms with E-state index in [9.17, 15) is 14.3 Å². The molecular formula is C19H22FN3O2. The monoisotopic (exact) mass is 343 g/mol. The van der Waals surface area contributed by atoms with Crippen molar-refractivity contribution in [1.29, 1.82) is 0 Å². The van der Waals surface area contributed by atoms with Crippen molar-refractivity contribution >= 4 is 11.7 Å². The first-order valence-electron chi connectivity index (χ1n) is 8.20. The Morgan fingerprint density at radius 2 is 1.84 bits per heavy atom. The van der Waals surface area contributed by atoms with Gasteiger partial charge in [0.05, 0.1) is 18.7 Å². The van der Waals surface area contributed by atoms with Gasteiger partial charge in [-0.2, -0.15) is 0 Å². The lowest BCUT2D eigenvalue weighted by atomic mass is 10.1. The average Bonchev–Trinajstić information content (AvgIpc) is 2.97. The minimum atomic E-state index is -0.556. The second-order valence-corrected chi connectivity index (χ2v) is 6.52. The number of aliphatic hydroxyl groups is 1. The van der Waals surface area contributed by atoms with Crippen molar-refractivity contribution in [2.45, 2.75) is 12.1 Å². The number of nitrogens with zero attached hydrogens (tertiary/aromatic N) is 2. The first kappa shape index (κ1) is 17.4. The predicted molar refractivity (Wildman–Crippen MR) is 95.9 cm³/mol. The molecule has 2 unspecified atom stereocenters. The van der Waals surface area contributed by atoms with Crippen LogP contribution in [0, 0.1) is 5.82 Å².